The van der Waals surface area contributed by atoms with Gasteiger partial charge in [0.1, 0.15) is 0 Å². The average molecular weight is 194 g/mol. The third kappa shape index (κ3) is 2.45. The fourth-order valence-electron chi connectivity index (χ4n) is 1.56. The third-order valence-electron chi connectivity index (χ3n) is 2.63. The van der Waals surface area contributed by atoms with E-state index < -0.39 is 0 Å². The molecule has 0 aromatic carbocycles. The van der Waals surface area contributed by atoms with E-state index in [4.69, 9.17) is 0 Å². The number of amides is 1. The highest BCUT2D eigenvalue weighted by Gasteiger charge is 2.20. The lowest BCUT2D eigenvalue weighted by Gasteiger charge is -2.34. The maximum absolute atomic E-state index is 11.7. The summed E-state index contributed by atoms with van der Waals surface area (Å²) in [6, 6.07) is 0. The molecule has 0 N–H and O–H groups in total. The van der Waals surface area contributed by atoms with Gasteiger partial charge in [0.25, 0.3) is 5.91 Å². The first-order valence-corrected chi connectivity index (χ1v) is 5.02. The summed E-state index contributed by atoms with van der Waals surface area (Å²) < 4.78 is 0. The van der Waals surface area contributed by atoms with E-state index in [1.165, 1.54) is 6.08 Å². The van der Waals surface area contributed by atoms with Crippen LogP contribution in [0, 0.1) is 0 Å². The SMILES string of the molecule is C=CC(=C)C(=O)N1CCN(CC)CC1. The van der Waals surface area contributed by atoms with Crippen LogP contribution in [-0.4, -0.2) is 48.4 Å². The zero-order valence-corrected chi connectivity index (χ0v) is 8.83. The summed E-state index contributed by atoms with van der Waals surface area (Å²) in [7, 11) is 0. The molecular formula is C11H18N2O. The minimum atomic E-state index is 0.0238. The van der Waals surface area contributed by atoms with Crippen LogP contribution in [0.4, 0.5) is 0 Å². The molecule has 0 radical (unpaired) electrons. The Bertz CT molecular complexity index is 240. The van der Waals surface area contributed by atoms with Crippen molar-refractivity contribution < 1.29 is 4.79 Å². The molecule has 1 amide bonds. The van der Waals surface area contributed by atoms with Gasteiger partial charge in [0, 0.05) is 31.8 Å². The summed E-state index contributed by atoms with van der Waals surface area (Å²) in [6.45, 7) is 14.0. The lowest BCUT2D eigenvalue weighted by molar-refractivity contribution is -0.128. The second kappa shape index (κ2) is 4.96. The number of rotatable bonds is 3. The van der Waals surface area contributed by atoms with Gasteiger partial charge in [-0.3, -0.25) is 4.79 Å². The van der Waals surface area contributed by atoms with Gasteiger partial charge >= 0.3 is 0 Å². The molecule has 1 rings (SSSR count). The molecular weight excluding hydrogens is 176 g/mol. The predicted octanol–water partition coefficient (Wildman–Crippen LogP) is 0.893. The molecule has 0 aromatic rings. The van der Waals surface area contributed by atoms with Crippen molar-refractivity contribution in [1.29, 1.82) is 0 Å². The van der Waals surface area contributed by atoms with E-state index in [9.17, 15) is 4.79 Å². The molecule has 0 aromatic heterocycles. The maximum atomic E-state index is 11.7. The molecule has 3 nitrogen and oxygen atoms in total. The molecule has 0 saturated carbocycles. The van der Waals surface area contributed by atoms with Crippen LogP contribution in [0.1, 0.15) is 6.92 Å². The van der Waals surface area contributed by atoms with Gasteiger partial charge in [0.15, 0.2) is 0 Å². The van der Waals surface area contributed by atoms with Crippen molar-refractivity contribution in [3.05, 3.63) is 24.8 Å². The van der Waals surface area contributed by atoms with Crippen LogP contribution in [0.25, 0.3) is 0 Å². The topological polar surface area (TPSA) is 23.6 Å². The standard InChI is InChI=1S/C11H18N2O/c1-4-10(3)11(14)13-8-6-12(5-2)7-9-13/h4H,1,3,5-9H2,2H3. The normalized spacial score (nSPS) is 17.9. The smallest absolute Gasteiger partial charge is 0.253 e. The molecule has 0 spiro atoms. The summed E-state index contributed by atoms with van der Waals surface area (Å²) in [5.41, 5.74) is 0.495. The number of piperazine rings is 1. The monoisotopic (exact) mass is 194 g/mol. The predicted molar refractivity (Wildman–Crippen MR) is 58.0 cm³/mol. The van der Waals surface area contributed by atoms with Gasteiger partial charge in [-0.1, -0.05) is 26.2 Å². The summed E-state index contributed by atoms with van der Waals surface area (Å²) in [5, 5.41) is 0. The Balaban J connectivity index is 2.45. The highest BCUT2D eigenvalue weighted by molar-refractivity contribution is 5.95. The number of carbonyl (C=O) groups excluding carboxylic acids is 1. The highest BCUT2D eigenvalue weighted by atomic mass is 16.2. The van der Waals surface area contributed by atoms with Gasteiger partial charge in [0.05, 0.1) is 0 Å². The first-order valence-electron chi connectivity index (χ1n) is 5.02. The van der Waals surface area contributed by atoms with Crippen LogP contribution in [0.2, 0.25) is 0 Å². The molecule has 1 saturated heterocycles. The summed E-state index contributed by atoms with van der Waals surface area (Å²) in [6.07, 6.45) is 1.52. The van der Waals surface area contributed by atoms with Crippen LogP contribution in [-0.2, 0) is 4.79 Å². The Labute approximate surface area is 85.7 Å². The molecule has 1 aliphatic heterocycles. The van der Waals surface area contributed by atoms with E-state index in [0.29, 0.717) is 5.57 Å². The average Bonchev–Trinajstić information content (AvgIpc) is 2.27. The van der Waals surface area contributed by atoms with Crippen LogP contribution < -0.4 is 0 Å². The third-order valence-corrected chi connectivity index (χ3v) is 2.63. The summed E-state index contributed by atoms with van der Waals surface area (Å²) in [4.78, 5) is 15.8. The summed E-state index contributed by atoms with van der Waals surface area (Å²) in [5.74, 6) is 0.0238. The second-order valence-corrected chi connectivity index (χ2v) is 3.46. The number of hydrogen-bond acceptors (Lipinski definition) is 2. The van der Waals surface area contributed by atoms with Crippen molar-refractivity contribution in [3.8, 4) is 0 Å². The molecule has 3 heteroatoms. The lowest BCUT2D eigenvalue weighted by Crippen LogP contribution is -2.48. The molecule has 1 fully saturated rings. The minimum absolute atomic E-state index is 0.0238. The molecule has 0 bridgehead atoms. The van der Waals surface area contributed by atoms with E-state index in [0.717, 1.165) is 32.7 Å². The van der Waals surface area contributed by atoms with Gasteiger partial charge in [-0.2, -0.15) is 0 Å². The highest BCUT2D eigenvalue weighted by Crippen LogP contribution is 2.06. The zero-order valence-electron chi connectivity index (χ0n) is 8.83. The van der Waals surface area contributed by atoms with E-state index in [-0.39, 0.29) is 5.91 Å². The molecule has 14 heavy (non-hydrogen) atoms. The number of nitrogens with zero attached hydrogens (tertiary/aromatic N) is 2. The van der Waals surface area contributed by atoms with Crippen molar-refractivity contribution in [2.45, 2.75) is 6.92 Å². The van der Waals surface area contributed by atoms with Crippen molar-refractivity contribution in [1.82, 2.24) is 9.80 Å². The van der Waals surface area contributed by atoms with E-state index in [2.05, 4.69) is 25.0 Å². The van der Waals surface area contributed by atoms with Gasteiger partial charge in [0.2, 0.25) is 0 Å². The Hall–Kier alpha value is -1.09. The van der Waals surface area contributed by atoms with Crippen LogP contribution in [0.3, 0.4) is 0 Å². The lowest BCUT2D eigenvalue weighted by atomic mass is 10.2. The first-order chi connectivity index (χ1) is 6.69. The van der Waals surface area contributed by atoms with Gasteiger partial charge in [-0.05, 0) is 6.54 Å². The summed E-state index contributed by atoms with van der Waals surface area (Å²) >= 11 is 0. The number of hydrogen-bond donors (Lipinski definition) is 0. The van der Waals surface area contributed by atoms with Crippen LogP contribution >= 0.6 is 0 Å². The first kappa shape index (κ1) is 11.0. The number of likely N-dealkylation sites (N-methyl/N-ethyl adjacent to an activating group) is 1. The Morgan fingerprint density at radius 1 is 1.36 bits per heavy atom. The Morgan fingerprint density at radius 3 is 2.36 bits per heavy atom. The molecule has 0 unspecified atom stereocenters. The van der Waals surface area contributed by atoms with Gasteiger partial charge in [-0.15, -0.1) is 0 Å². The van der Waals surface area contributed by atoms with Gasteiger partial charge < -0.3 is 9.80 Å². The van der Waals surface area contributed by atoms with Crippen molar-refractivity contribution in [3.63, 3.8) is 0 Å². The van der Waals surface area contributed by atoms with Crippen LogP contribution in [0.15, 0.2) is 24.8 Å². The van der Waals surface area contributed by atoms with E-state index in [1.54, 1.807) is 0 Å². The molecule has 1 aliphatic rings. The zero-order chi connectivity index (χ0) is 10.6. The fraction of sp³-hybridized carbons (Fsp3) is 0.545. The van der Waals surface area contributed by atoms with E-state index in [1.807, 2.05) is 4.90 Å². The minimum Gasteiger partial charge on any atom is -0.336 e. The molecule has 1 heterocycles. The number of carbonyl (C=O) groups is 1. The quantitative estimate of drug-likeness (QED) is 0.492. The molecule has 0 atom stereocenters. The maximum Gasteiger partial charge on any atom is 0.253 e. The van der Waals surface area contributed by atoms with Crippen molar-refractivity contribution in [2.24, 2.45) is 0 Å². The Kier molecular flexibility index (Phi) is 3.89. The Morgan fingerprint density at radius 2 is 1.93 bits per heavy atom. The van der Waals surface area contributed by atoms with E-state index >= 15 is 0 Å². The fourth-order valence-corrected chi connectivity index (χ4v) is 1.56. The van der Waals surface area contributed by atoms with Crippen LogP contribution in [0.5, 0.6) is 0 Å². The second-order valence-electron chi connectivity index (χ2n) is 3.46. The molecule has 0 aliphatic carbocycles. The molecule has 78 valence electrons. The van der Waals surface area contributed by atoms with Crippen molar-refractivity contribution >= 4 is 5.91 Å². The van der Waals surface area contributed by atoms with Crippen molar-refractivity contribution in [2.75, 3.05) is 32.7 Å². The van der Waals surface area contributed by atoms with Gasteiger partial charge in [-0.25, -0.2) is 0 Å². The largest absolute Gasteiger partial charge is 0.336 e.